The van der Waals surface area contributed by atoms with E-state index in [2.05, 4.69) is 19.2 Å². The van der Waals surface area contributed by atoms with Crippen LogP contribution in [0.3, 0.4) is 0 Å². The van der Waals surface area contributed by atoms with Gasteiger partial charge in [0.1, 0.15) is 0 Å². The van der Waals surface area contributed by atoms with Gasteiger partial charge in [-0.15, -0.1) is 0 Å². The van der Waals surface area contributed by atoms with Crippen molar-refractivity contribution in [3.63, 3.8) is 0 Å². The maximum Gasteiger partial charge on any atom is 0.0618 e. The standard InChI is InChI=1S/C14H29NO/c1-4-10-15-14(11-16-3)13-8-6-12(5-2)7-9-13/h12-15H,4-11H2,1-3H3. The van der Waals surface area contributed by atoms with Gasteiger partial charge < -0.3 is 10.1 Å². The molecule has 1 atom stereocenters. The molecule has 0 saturated heterocycles. The van der Waals surface area contributed by atoms with E-state index >= 15 is 0 Å². The molecule has 1 aliphatic rings. The summed E-state index contributed by atoms with van der Waals surface area (Å²) >= 11 is 0. The van der Waals surface area contributed by atoms with Crippen LogP contribution in [0.5, 0.6) is 0 Å². The average Bonchev–Trinajstić information content (AvgIpc) is 2.35. The summed E-state index contributed by atoms with van der Waals surface area (Å²) in [5, 5.41) is 3.65. The second kappa shape index (κ2) is 8.08. The predicted molar refractivity (Wildman–Crippen MR) is 69.7 cm³/mol. The number of ether oxygens (including phenoxy) is 1. The fraction of sp³-hybridized carbons (Fsp3) is 1.00. The molecule has 96 valence electrons. The highest BCUT2D eigenvalue weighted by Crippen LogP contribution is 2.32. The Balaban J connectivity index is 2.33. The Kier molecular flexibility index (Phi) is 7.06. The van der Waals surface area contributed by atoms with E-state index in [4.69, 9.17) is 4.74 Å². The first-order chi connectivity index (χ1) is 7.81. The summed E-state index contributed by atoms with van der Waals surface area (Å²) in [4.78, 5) is 0. The minimum atomic E-state index is 0.586. The van der Waals surface area contributed by atoms with Gasteiger partial charge in [0.2, 0.25) is 0 Å². The zero-order valence-electron chi connectivity index (χ0n) is 11.3. The predicted octanol–water partition coefficient (Wildman–Crippen LogP) is 3.22. The Morgan fingerprint density at radius 2 is 1.88 bits per heavy atom. The zero-order chi connectivity index (χ0) is 11.8. The average molecular weight is 227 g/mol. The van der Waals surface area contributed by atoms with Crippen molar-refractivity contribution < 1.29 is 4.74 Å². The van der Waals surface area contributed by atoms with Crippen molar-refractivity contribution in [2.75, 3.05) is 20.3 Å². The molecule has 0 aromatic carbocycles. The highest BCUT2D eigenvalue weighted by atomic mass is 16.5. The van der Waals surface area contributed by atoms with Crippen LogP contribution in [0.15, 0.2) is 0 Å². The van der Waals surface area contributed by atoms with Crippen molar-refractivity contribution in [3.05, 3.63) is 0 Å². The summed E-state index contributed by atoms with van der Waals surface area (Å²) in [6.07, 6.45) is 8.21. The first kappa shape index (κ1) is 14.0. The number of rotatable bonds is 7. The summed E-state index contributed by atoms with van der Waals surface area (Å²) in [5.41, 5.74) is 0. The molecule has 2 heteroatoms. The molecule has 0 radical (unpaired) electrons. The quantitative estimate of drug-likeness (QED) is 0.721. The molecule has 2 nitrogen and oxygen atoms in total. The molecule has 1 aliphatic carbocycles. The van der Waals surface area contributed by atoms with Crippen LogP contribution in [-0.2, 0) is 4.74 Å². The van der Waals surface area contributed by atoms with Gasteiger partial charge in [0, 0.05) is 13.2 Å². The molecular weight excluding hydrogens is 198 g/mol. The lowest BCUT2D eigenvalue weighted by Crippen LogP contribution is -2.41. The van der Waals surface area contributed by atoms with E-state index in [1.807, 2.05) is 7.11 Å². The van der Waals surface area contributed by atoms with Crippen molar-refractivity contribution in [1.82, 2.24) is 5.32 Å². The molecule has 0 bridgehead atoms. The van der Waals surface area contributed by atoms with Crippen LogP contribution in [0, 0.1) is 11.8 Å². The second-order valence-corrected chi connectivity index (χ2v) is 5.21. The maximum atomic E-state index is 5.34. The zero-order valence-corrected chi connectivity index (χ0v) is 11.3. The molecule has 1 unspecified atom stereocenters. The summed E-state index contributed by atoms with van der Waals surface area (Å²) in [6, 6.07) is 0.586. The molecule has 0 aromatic heterocycles. The van der Waals surface area contributed by atoms with Crippen molar-refractivity contribution >= 4 is 0 Å². The van der Waals surface area contributed by atoms with Gasteiger partial charge in [-0.25, -0.2) is 0 Å². The normalized spacial score (nSPS) is 27.9. The van der Waals surface area contributed by atoms with Gasteiger partial charge in [-0.05, 0) is 37.6 Å². The third-order valence-electron chi connectivity index (χ3n) is 4.04. The highest BCUT2D eigenvalue weighted by Gasteiger charge is 2.26. The van der Waals surface area contributed by atoms with E-state index in [-0.39, 0.29) is 0 Å². The van der Waals surface area contributed by atoms with Crippen molar-refractivity contribution in [1.29, 1.82) is 0 Å². The topological polar surface area (TPSA) is 21.3 Å². The van der Waals surface area contributed by atoms with Crippen LogP contribution in [0.1, 0.15) is 52.4 Å². The lowest BCUT2D eigenvalue weighted by Gasteiger charge is -2.33. The molecule has 1 saturated carbocycles. The Morgan fingerprint density at radius 1 is 1.19 bits per heavy atom. The van der Waals surface area contributed by atoms with E-state index in [0.29, 0.717) is 6.04 Å². The molecular formula is C14H29NO. The van der Waals surface area contributed by atoms with E-state index in [1.165, 1.54) is 38.5 Å². The lowest BCUT2D eigenvalue weighted by atomic mass is 9.77. The summed E-state index contributed by atoms with van der Waals surface area (Å²) in [7, 11) is 1.82. The van der Waals surface area contributed by atoms with E-state index in [0.717, 1.165) is 25.0 Å². The Morgan fingerprint density at radius 3 is 2.38 bits per heavy atom. The molecule has 1 N–H and O–H groups in total. The smallest absolute Gasteiger partial charge is 0.0618 e. The number of hydrogen-bond donors (Lipinski definition) is 1. The third kappa shape index (κ3) is 4.42. The monoisotopic (exact) mass is 227 g/mol. The van der Waals surface area contributed by atoms with Gasteiger partial charge in [-0.3, -0.25) is 0 Å². The minimum Gasteiger partial charge on any atom is -0.383 e. The fourth-order valence-corrected chi connectivity index (χ4v) is 2.87. The Bertz CT molecular complexity index is 164. The van der Waals surface area contributed by atoms with Gasteiger partial charge in [-0.2, -0.15) is 0 Å². The van der Waals surface area contributed by atoms with Crippen molar-refractivity contribution in [2.24, 2.45) is 11.8 Å². The maximum absolute atomic E-state index is 5.34. The first-order valence-electron chi connectivity index (χ1n) is 7.04. The van der Waals surface area contributed by atoms with E-state index < -0.39 is 0 Å². The number of hydrogen-bond acceptors (Lipinski definition) is 2. The number of nitrogens with one attached hydrogen (secondary N) is 1. The van der Waals surface area contributed by atoms with Crippen molar-refractivity contribution in [2.45, 2.75) is 58.4 Å². The van der Waals surface area contributed by atoms with Gasteiger partial charge in [-0.1, -0.05) is 33.1 Å². The highest BCUT2D eigenvalue weighted by molar-refractivity contribution is 4.81. The molecule has 0 amide bonds. The van der Waals surface area contributed by atoms with Gasteiger partial charge in [0.15, 0.2) is 0 Å². The summed E-state index contributed by atoms with van der Waals surface area (Å²) in [5.74, 6) is 1.83. The number of methoxy groups -OCH3 is 1. The molecule has 0 spiro atoms. The Hall–Kier alpha value is -0.0800. The van der Waals surface area contributed by atoms with Crippen LogP contribution in [0.25, 0.3) is 0 Å². The molecule has 16 heavy (non-hydrogen) atoms. The first-order valence-corrected chi connectivity index (χ1v) is 7.04. The molecule has 0 heterocycles. The van der Waals surface area contributed by atoms with Gasteiger partial charge >= 0.3 is 0 Å². The molecule has 0 aromatic rings. The molecule has 1 rings (SSSR count). The van der Waals surface area contributed by atoms with Crippen LogP contribution in [0.4, 0.5) is 0 Å². The van der Waals surface area contributed by atoms with E-state index in [9.17, 15) is 0 Å². The summed E-state index contributed by atoms with van der Waals surface area (Å²) < 4.78 is 5.34. The fourth-order valence-electron chi connectivity index (χ4n) is 2.87. The SMILES string of the molecule is CCCNC(COC)C1CCC(CC)CC1. The second-order valence-electron chi connectivity index (χ2n) is 5.21. The van der Waals surface area contributed by atoms with Crippen LogP contribution >= 0.6 is 0 Å². The van der Waals surface area contributed by atoms with Gasteiger partial charge in [0.05, 0.1) is 6.61 Å². The minimum absolute atomic E-state index is 0.586. The summed E-state index contributed by atoms with van der Waals surface area (Å²) in [6.45, 7) is 6.56. The van der Waals surface area contributed by atoms with Gasteiger partial charge in [0.25, 0.3) is 0 Å². The van der Waals surface area contributed by atoms with Crippen LogP contribution < -0.4 is 5.32 Å². The Labute approximate surface area is 101 Å². The largest absolute Gasteiger partial charge is 0.383 e. The van der Waals surface area contributed by atoms with E-state index in [1.54, 1.807) is 0 Å². The third-order valence-corrected chi connectivity index (χ3v) is 4.04. The van der Waals surface area contributed by atoms with Crippen LogP contribution in [0.2, 0.25) is 0 Å². The van der Waals surface area contributed by atoms with Crippen LogP contribution in [-0.4, -0.2) is 26.3 Å². The van der Waals surface area contributed by atoms with Crippen molar-refractivity contribution in [3.8, 4) is 0 Å². The lowest BCUT2D eigenvalue weighted by molar-refractivity contribution is 0.116. The molecule has 0 aliphatic heterocycles. The molecule has 1 fully saturated rings.